The van der Waals surface area contributed by atoms with E-state index in [0.29, 0.717) is 5.92 Å². The molecule has 0 saturated carbocycles. The number of aryl methyl sites for hydroxylation is 2. The first-order valence-electron chi connectivity index (χ1n) is 9.06. The molecule has 0 amide bonds. The van der Waals surface area contributed by atoms with Crippen molar-refractivity contribution in [3.8, 4) is 0 Å². The van der Waals surface area contributed by atoms with Crippen LogP contribution in [0.2, 0.25) is 0 Å². The Kier molecular flexibility index (Phi) is 10.9. The van der Waals surface area contributed by atoms with Crippen molar-refractivity contribution in [1.82, 2.24) is 15.8 Å². The largest absolute Gasteiger partial charge is 0.361 e. The Morgan fingerprint density at radius 2 is 2.15 bits per heavy atom. The monoisotopic (exact) mass is 490 g/mol. The van der Waals surface area contributed by atoms with Crippen molar-refractivity contribution in [1.29, 1.82) is 0 Å². The molecule has 26 heavy (non-hydrogen) atoms. The molecule has 2 rings (SSSR count). The van der Waals surface area contributed by atoms with Gasteiger partial charge in [-0.3, -0.25) is 4.99 Å². The highest BCUT2D eigenvalue weighted by atomic mass is 127. The quantitative estimate of drug-likeness (QED) is 0.238. The van der Waals surface area contributed by atoms with Gasteiger partial charge in [0.25, 0.3) is 0 Å². The van der Waals surface area contributed by atoms with E-state index in [9.17, 15) is 0 Å². The minimum absolute atomic E-state index is 0. The summed E-state index contributed by atoms with van der Waals surface area (Å²) < 4.78 is 5.21. The summed E-state index contributed by atoms with van der Waals surface area (Å²) in [6.07, 6.45) is 3.09. The molecule has 5 nitrogen and oxygen atoms in total. The molecule has 1 atom stereocenters. The maximum absolute atomic E-state index is 5.21. The average Bonchev–Trinajstić information content (AvgIpc) is 3.20. The first-order chi connectivity index (χ1) is 12.1. The van der Waals surface area contributed by atoms with Crippen LogP contribution >= 0.6 is 35.3 Å². The van der Waals surface area contributed by atoms with Gasteiger partial charge >= 0.3 is 0 Å². The molecular weight excluding hydrogens is 459 g/mol. The smallest absolute Gasteiger partial charge is 0.191 e. The van der Waals surface area contributed by atoms with Gasteiger partial charge in [-0.05, 0) is 57.4 Å². The minimum atomic E-state index is 0. The van der Waals surface area contributed by atoms with E-state index >= 15 is 0 Å². The van der Waals surface area contributed by atoms with Gasteiger partial charge in [-0.1, -0.05) is 18.1 Å². The topological polar surface area (TPSA) is 62.5 Å². The van der Waals surface area contributed by atoms with Gasteiger partial charge in [0.1, 0.15) is 5.76 Å². The first kappa shape index (κ1) is 23.0. The van der Waals surface area contributed by atoms with E-state index in [1.807, 2.05) is 25.2 Å². The highest BCUT2D eigenvalue weighted by Crippen LogP contribution is 2.15. The second kappa shape index (κ2) is 12.3. The standard InChI is InChI=1S/C19H30N4OS.HI/c1-5-20-19(22-13-14(2)12-17-8-7-11-25-17)21-10-6-9-18-15(3)23-24-16(18)4;/h7-8,11,14H,5-6,9-10,12-13H2,1-4H3,(H2,20,21,22);1H. The van der Waals surface area contributed by atoms with Gasteiger partial charge in [0.2, 0.25) is 0 Å². The zero-order chi connectivity index (χ0) is 18.1. The maximum Gasteiger partial charge on any atom is 0.191 e. The first-order valence-corrected chi connectivity index (χ1v) is 9.94. The third-order valence-electron chi connectivity index (χ3n) is 4.11. The predicted octanol–water partition coefficient (Wildman–Crippen LogP) is 4.34. The van der Waals surface area contributed by atoms with Gasteiger partial charge in [-0.15, -0.1) is 35.3 Å². The van der Waals surface area contributed by atoms with Crippen LogP contribution in [0.4, 0.5) is 0 Å². The fraction of sp³-hybridized carbons (Fsp3) is 0.579. The lowest BCUT2D eigenvalue weighted by molar-refractivity contribution is 0.392. The Hall–Kier alpha value is -1.09. The Morgan fingerprint density at radius 1 is 1.35 bits per heavy atom. The summed E-state index contributed by atoms with van der Waals surface area (Å²) in [5, 5.41) is 12.9. The second-order valence-corrected chi connectivity index (χ2v) is 7.47. The van der Waals surface area contributed by atoms with Gasteiger partial charge in [-0.25, -0.2) is 0 Å². The molecule has 0 aliphatic heterocycles. The molecule has 0 spiro atoms. The Bertz CT molecular complexity index is 635. The van der Waals surface area contributed by atoms with Crippen molar-refractivity contribution >= 4 is 41.3 Å². The highest BCUT2D eigenvalue weighted by Gasteiger charge is 2.08. The summed E-state index contributed by atoms with van der Waals surface area (Å²) >= 11 is 1.82. The number of hydrogen-bond donors (Lipinski definition) is 2. The number of nitrogens with one attached hydrogen (secondary N) is 2. The van der Waals surface area contributed by atoms with E-state index in [2.05, 4.69) is 47.2 Å². The van der Waals surface area contributed by atoms with Crippen LogP contribution in [0.25, 0.3) is 0 Å². The van der Waals surface area contributed by atoms with E-state index < -0.39 is 0 Å². The van der Waals surface area contributed by atoms with Crippen LogP contribution in [-0.2, 0) is 12.8 Å². The fourth-order valence-electron chi connectivity index (χ4n) is 2.76. The SMILES string of the molecule is CCNC(=NCC(C)Cc1cccs1)NCCCc1c(C)noc1C.I. The molecule has 2 N–H and O–H groups in total. The molecule has 0 aromatic carbocycles. The summed E-state index contributed by atoms with van der Waals surface area (Å²) in [4.78, 5) is 6.16. The molecule has 0 bridgehead atoms. The van der Waals surface area contributed by atoms with Crippen molar-refractivity contribution in [2.24, 2.45) is 10.9 Å². The zero-order valence-corrected chi connectivity index (χ0v) is 19.3. The Balaban J connectivity index is 0.00000338. The molecule has 0 radical (unpaired) electrons. The van der Waals surface area contributed by atoms with E-state index in [0.717, 1.165) is 56.3 Å². The lowest BCUT2D eigenvalue weighted by Gasteiger charge is -2.13. The summed E-state index contributed by atoms with van der Waals surface area (Å²) in [7, 11) is 0. The Labute approximate surface area is 178 Å². The summed E-state index contributed by atoms with van der Waals surface area (Å²) in [6, 6.07) is 4.31. The lowest BCUT2D eigenvalue weighted by atomic mass is 10.1. The third kappa shape index (κ3) is 7.65. The Morgan fingerprint density at radius 3 is 2.77 bits per heavy atom. The predicted molar refractivity (Wildman–Crippen MR) is 121 cm³/mol. The highest BCUT2D eigenvalue weighted by molar-refractivity contribution is 14.0. The van der Waals surface area contributed by atoms with Crippen LogP contribution in [0.3, 0.4) is 0 Å². The number of guanidine groups is 1. The van der Waals surface area contributed by atoms with E-state index in [4.69, 9.17) is 9.52 Å². The summed E-state index contributed by atoms with van der Waals surface area (Å²) in [5.74, 6) is 2.37. The van der Waals surface area contributed by atoms with Crippen molar-refractivity contribution in [2.45, 2.75) is 47.0 Å². The normalized spacial score (nSPS) is 12.5. The summed E-state index contributed by atoms with van der Waals surface area (Å²) in [6.45, 7) is 10.9. The number of halogens is 1. The molecular formula is C19H31IN4OS. The zero-order valence-electron chi connectivity index (χ0n) is 16.2. The summed E-state index contributed by atoms with van der Waals surface area (Å²) in [5.41, 5.74) is 2.23. The van der Waals surface area contributed by atoms with E-state index in [1.54, 1.807) is 0 Å². The lowest BCUT2D eigenvalue weighted by Crippen LogP contribution is -2.38. The molecule has 2 heterocycles. The molecule has 0 aliphatic rings. The number of thiophene rings is 1. The second-order valence-electron chi connectivity index (χ2n) is 6.44. The van der Waals surface area contributed by atoms with Crippen LogP contribution in [0, 0.1) is 19.8 Å². The number of aromatic nitrogens is 1. The van der Waals surface area contributed by atoms with Gasteiger partial charge < -0.3 is 15.2 Å². The van der Waals surface area contributed by atoms with Gasteiger partial charge in [-0.2, -0.15) is 0 Å². The molecule has 1 unspecified atom stereocenters. The van der Waals surface area contributed by atoms with Crippen molar-refractivity contribution in [3.63, 3.8) is 0 Å². The number of aliphatic imine (C=N–C) groups is 1. The van der Waals surface area contributed by atoms with Crippen LogP contribution in [0.5, 0.6) is 0 Å². The molecule has 146 valence electrons. The van der Waals surface area contributed by atoms with Crippen LogP contribution in [-0.4, -0.2) is 30.8 Å². The molecule has 2 aromatic rings. The molecule has 0 aliphatic carbocycles. The van der Waals surface area contributed by atoms with Gasteiger partial charge in [0.15, 0.2) is 5.96 Å². The molecule has 7 heteroatoms. The van der Waals surface area contributed by atoms with E-state index in [-0.39, 0.29) is 24.0 Å². The van der Waals surface area contributed by atoms with Crippen LogP contribution in [0.15, 0.2) is 27.0 Å². The van der Waals surface area contributed by atoms with E-state index in [1.165, 1.54) is 10.4 Å². The molecule has 0 saturated heterocycles. The van der Waals surface area contributed by atoms with Crippen molar-refractivity contribution in [3.05, 3.63) is 39.4 Å². The number of rotatable bonds is 9. The number of hydrogen-bond acceptors (Lipinski definition) is 4. The van der Waals surface area contributed by atoms with Crippen molar-refractivity contribution in [2.75, 3.05) is 19.6 Å². The van der Waals surface area contributed by atoms with Gasteiger partial charge in [0.05, 0.1) is 5.69 Å². The average molecular weight is 490 g/mol. The number of nitrogens with zero attached hydrogens (tertiary/aromatic N) is 2. The van der Waals surface area contributed by atoms with Crippen molar-refractivity contribution < 1.29 is 4.52 Å². The van der Waals surface area contributed by atoms with Crippen LogP contribution < -0.4 is 10.6 Å². The molecule has 2 aromatic heterocycles. The van der Waals surface area contributed by atoms with Gasteiger partial charge in [0, 0.05) is 30.1 Å². The van der Waals surface area contributed by atoms with Crippen LogP contribution in [0.1, 0.15) is 42.2 Å². The molecule has 0 fully saturated rings. The minimum Gasteiger partial charge on any atom is -0.361 e. The fourth-order valence-corrected chi connectivity index (χ4v) is 3.63. The third-order valence-corrected chi connectivity index (χ3v) is 5.01. The maximum atomic E-state index is 5.21.